The van der Waals surface area contributed by atoms with Crippen LogP contribution in [0.3, 0.4) is 0 Å². The summed E-state index contributed by atoms with van der Waals surface area (Å²) in [5.74, 6) is 0.0729. The van der Waals surface area contributed by atoms with Crippen LogP contribution < -0.4 is 5.32 Å². The van der Waals surface area contributed by atoms with Crippen LogP contribution in [0.2, 0.25) is 5.02 Å². The number of anilines is 1. The van der Waals surface area contributed by atoms with Gasteiger partial charge in [0.25, 0.3) is 6.01 Å². The first-order valence-corrected chi connectivity index (χ1v) is 9.76. The monoisotopic (exact) mass is 402 g/mol. The van der Waals surface area contributed by atoms with Crippen molar-refractivity contribution in [2.45, 2.75) is 32.4 Å². The predicted molar refractivity (Wildman–Crippen MR) is 109 cm³/mol. The van der Waals surface area contributed by atoms with Gasteiger partial charge in [-0.1, -0.05) is 18.5 Å². The molecule has 3 N–H and O–H groups in total. The summed E-state index contributed by atoms with van der Waals surface area (Å²) < 4.78 is 5.76. The SMILES string of the molecule is CCN1CCC(O)C(Nc2nc3nc(-c4c(C)cc(Cl)cc4O)ccc3o2)C1. The van der Waals surface area contributed by atoms with E-state index in [-0.39, 0.29) is 11.8 Å². The summed E-state index contributed by atoms with van der Waals surface area (Å²) in [7, 11) is 0. The number of hydrogen-bond acceptors (Lipinski definition) is 7. The molecule has 1 fully saturated rings. The van der Waals surface area contributed by atoms with E-state index < -0.39 is 6.10 Å². The van der Waals surface area contributed by atoms with E-state index in [9.17, 15) is 10.2 Å². The summed E-state index contributed by atoms with van der Waals surface area (Å²) >= 11 is 5.99. The van der Waals surface area contributed by atoms with Gasteiger partial charge in [-0.25, -0.2) is 4.98 Å². The first kappa shape index (κ1) is 19.0. The number of nitrogens with zero attached hydrogens (tertiary/aromatic N) is 3. The second kappa shape index (κ2) is 7.58. The van der Waals surface area contributed by atoms with Gasteiger partial charge in [-0.3, -0.25) is 0 Å². The zero-order valence-electron chi connectivity index (χ0n) is 15.8. The van der Waals surface area contributed by atoms with Crippen molar-refractivity contribution in [3.05, 3.63) is 34.9 Å². The molecule has 1 aliphatic rings. The van der Waals surface area contributed by atoms with E-state index in [0.29, 0.717) is 39.9 Å². The number of aliphatic hydroxyl groups is 1. The lowest BCUT2D eigenvalue weighted by molar-refractivity contribution is 0.0715. The Morgan fingerprint density at radius 2 is 2.14 bits per heavy atom. The molecule has 0 amide bonds. The minimum Gasteiger partial charge on any atom is -0.507 e. The van der Waals surface area contributed by atoms with Crippen molar-refractivity contribution in [3.8, 4) is 17.0 Å². The third-order valence-electron chi connectivity index (χ3n) is 5.21. The van der Waals surface area contributed by atoms with Crippen LogP contribution in [0.15, 0.2) is 28.7 Å². The number of aromatic nitrogens is 2. The molecule has 2 aromatic heterocycles. The van der Waals surface area contributed by atoms with Gasteiger partial charge >= 0.3 is 0 Å². The van der Waals surface area contributed by atoms with Crippen LogP contribution in [0.25, 0.3) is 22.5 Å². The van der Waals surface area contributed by atoms with Gasteiger partial charge in [0.2, 0.25) is 5.65 Å². The molecule has 2 atom stereocenters. The van der Waals surface area contributed by atoms with Gasteiger partial charge in [0.15, 0.2) is 5.58 Å². The van der Waals surface area contributed by atoms with Crippen molar-refractivity contribution < 1.29 is 14.6 Å². The maximum Gasteiger partial charge on any atom is 0.297 e. The molecule has 1 aromatic carbocycles. The summed E-state index contributed by atoms with van der Waals surface area (Å²) in [4.78, 5) is 11.2. The fourth-order valence-electron chi connectivity index (χ4n) is 3.67. The van der Waals surface area contributed by atoms with Crippen LogP contribution in [0.1, 0.15) is 18.9 Å². The lowest BCUT2D eigenvalue weighted by Gasteiger charge is -2.35. The Kier molecular flexibility index (Phi) is 5.14. The third kappa shape index (κ3) is 3.65. The van der Waals surface area contributed by atoms with E-state index in [0.717, 1.165) is 25.2 Å². The zero-order valence-corrected chi connectivity index (χ0v) is 16.6. The fraction of sp³-hybridized carbons (Fsp3) is 0.400. The molecule has 8 heteroatoms. The molecule has 0 saturated carbocycles. The lowest BCUT2D eigenvalue weighted by atomic mass is 10.0. The molecule has 3 aromatic rings. The van der Waals surface area contributed by atoms with Gasteiger partial charge in [-0.2, -0.15) is 4.98 Å². The summed E-state index contributed by atoms with van der Waals surface area (Å²) in [5, 5.41) is 24.2. The summed E-state index contributed by atoms with van der Waals surface area (Å²) in [5.41, 5.74) is 3.00. The number of likely N-dealkylation sites (N-methyl/N-ethyl adjacent to an activating group) is 1. The minimum atomic E-state index is -0.449. The Hall–Kier alpha value is -2.35. The van der Waals surface area contributed by atoms with Gasteiger partial charge < -0.3 is 24.8 Å². The molecule has 0 bridgehead atoms. The number of piperidine rings is 1. The van der Waals surface area contributed by atoms with Crippen LogP contribution >= 0.6 is 11.6 Å². The largest absolute Gasteiger partial charge is 0.507 e. The van der Waals surface area contributed by atoms with Gasteiger partial charge in [0, 0.05) is 23.7 Å². The van der Waals surface area contributed by atoms with E-state index in [1.165, 1.54) is 6.07 Å². The van der Waals surface area contributed by atoms with Gasteiger partial charge in [0.1, 0.15) is 5.75 Å². The number of pyridine rings is 1. The predicted octanol–water partition coefficient (Wildman–Crippen LogP) is 3.42. The van der Waals surface area contributed by atoms with Gasteiger partial charge in [0.05, 0.1) is 17.8 Å². The number of hydrogen-bond donors (Lipinski definition) is 3. The van der Waals surface area contributed by atoms with Crippen LogP contribution in [0, 0.1) is 6.92 Å². The highest BCUT2D eigenvalue weighted by Crippen LogP contribution is 2.35. The molecular weight excluding hydrogens is 380 g/mol. The van der Waals surface area contributed by atoms with Crippen LogP contribution in [0.4, 0.5) is 6.01 Å². The smallest absolute Gasteiger partial charge is 0.297 e. The van der Waals surface area contributed by atoms with Gasteiger partial charge in [-0.05, 0) is 49.7 Å². The molecule has 0 spiro atoms. The second-order valence-corrected chi connectivity index (χ2v) is 7.59. The Bertz CT molecular complexity index is 983. The Balaban J connectivity index is 1.62. The number of phenols is 1. The number of fused-ring (bicyclic) bond motifs is 1. The fourth-order valence-corrected chi connectivity index (χ4v) is 3.94. The van der Waals surface area contributed by atoms with Gasteiger partial charge in [-0.15, -0.1) is 0 Å². The molecule has 0 aliphatic carbocycles. The molecule has 3 heterocycles. The average Bonchev–Trinajstić information content (AvgIpc) is 3.04. The standard InChI is InChI=1S/C20H23ClN4O3/c1-3-25-7-6-15(26)14(10-25)23-20-24-19-17(28-20)5-4-13(22-19)18-11(2)8-12(21)9-16(18)27/h4-5,8-9,14-15,26-27H,3,6-7,10H2,1-2H3,(H,22,23,24). The number of nitrogens with one attached hydrogen (secondary N) is 1. The maximum atomic E-state index is 10.3. The first-order valence-electron chi connectivity index (χ1n) is 9.38. The Morgan fingerprint density at radius 1 is 1.32 bits per heavy atom. The van der Waals surface area contributed by atoms with Crippen LogP contribution in [-0.4, -0.2) is 56.9 Å². The van der Waals surface area contributed by atoms with Crippen molar-refractivity contribution in [3.63, 3.8) is 0 Å². The molecule has 148 valence electrons. The Morgan fingerprint density at radius 3 is 2.89 bits per heavy atom. The number of halogens is 1. The minimum absolute atomic E-state index is 0.0729. The number of aliphatic hydroxyl groups excluding tert-OH is 1. The highest BCUT2D eigenvalue weighted by Gasteiger charge is 2.28. The number of oxazole rings is 1. The second-order valence-electron chi connectivity index (χ2n) is 7.15. The van der Waals surface area contributed by atoms with Crippen molar-refractivity contribution >= 4 is 28.8 Å². The van der Waals surface area contributed by atoms with Crippen LogP contribution in [-0.2, 0) is 0 Å². The van der Waals surface area contributed by atoms with E-state index in [1.807, 2.05) is 6.92 Å². The molecule has 1 saturated heterocycles. The highest BCUT2D eigenvalue weighted by molar-refractivity contribution is 6.31. The summed E-state index contributed by atoms with van der Waals surface area (Å²) in [6, 6.07) is 7.01. The summed E-state index contributed by atoms with van der Waals surface area (Å²) in [6.45, 7) is 6.53. The quantitative estimate of drug-likeness (QED) is 0.615. The maximum absolute atomic E-state index is 10.3. The molecule has 2 unspecified atom stereocenters. The van der Waals surface area contributed by atoms with Crippen molar-refractivity contribution in [1.82, 2.24) is 14.9 Å². The van der Waals surface area contributed by atoms with Crippen molar-refractivity contribution in [2.75, 3.05) is 25.0 Å². The van der Waals surface area contributed by atoms with E-state index >= 15 is 0 Å². The molecule has 28 heavy (non-hydrogen) atoms. The highest BCUT2D eigenvalue weighted by atomic mass is 35.5. The third-order valence-corrected chi connectivity index (χ3v) is 5.42. The number of aryl methyl sites for hydroxylation is 1. The van der Waals surface area contributed by atoms with E-state index in [4.69, 9.17) is 16.0 Å². The topological polar surface area (TPSA) is 94.7 Å². The molecule has 7 nitrogen and oxygen atoms in total. The first-order chi connectivity index (χ1) is 13.4. The molecule has 1 aliphatic heterocycles. The number of rotatable bonds is 4. The number of likely N-dealkylation sites (tertiary alicyclic amines) is 1. The number of benzene rings is 1. The summed E-state index contributed by atoms with van der Waals surface area (Å²) in [6.07, 6.45) is 0.262. The lowest BCUT2D eigenvalue weighted by Crippen LogP contribution is -2.50. The zero-order chi connectivity index (χ0) is 19.8. The van der Waals surface area contributed by atoms with Crippen molar-refractivity contribution in [1.29, 1.82) is 0 Å². The number of aromatic hydroxyl groups is 1. The van der Waals surface area contributed by atoms with E-state index in [1.54, 1.807) is 18.2 Å². The van der Waals surface area contributed by atoms with Crippen LogP contribution in [0.5, 0.6) is 5.75 Å². The molecule has 4 rings (SSSR count). The molecular formula is C20H23ClN4O3. The number of phenolic OH excluding ortho intramolecular Hbond substituents is 1. The van der Waals surface area contributed by atoms with E-state index in [2.05, 4.69) is 27.1 Å². The molecule has 0 radical (unpaired) electrons. The Labute approximate surface area is 168 Å². The van der Waals surface area contributed by atoms with Crippen molar-refractivity contribution in [2.24, 2.45) is 0 Å². The normalized spacial score (nSPS) is 20.6. The average molecular weight is 403 g/mol.